The summed E-state index contributed by atoms with van der Waals surface area (Å²) in [6, 6.07) is 11.3. The maximum Gasteiger partial charge on any atom is 0.253 e. The predicted octanol–water partition coefficient (Wildman–Crippen LogP) is 4.66. The molecule has 0 saturated carbocycles. The minimum atomic E-state index is -0.0271. The second-order valence-electron chi connectivity index (χ2n) is 14.4. The van der Waals surface area contributed by atoms with Crippen LogP contribution in [0.5, 0.6) is 23.3 Å². The first-order valence-corrected chi connectivity index (χ1v) is 18.5. The van der Waals surface area contributed by atoms with Crippen molar-refractivity contribution in [3.63, 3.8) is 0 Å². The van der Waals surface area contributed by atoms with E-state index in [1.165, 1.54) is 0 Å². The highest BCUT2D eigenvalue weighted by atomic mass is 16.5. The topological polar surface area (TPSA) is 153 Å². The number of hydrogen-bond donors (Lipinski definition) is 2. The number of carbonyl (C=O) groups is 2. The summed E-state index contributed by atoms with van der Waals surface area (Å²) in [7, 11) is 3.20. The van der Waals surface area contributed by atoms with Crippen molar-refractivity contribution in [1.82, 2.24) is 30.6 Å². The van der Waals surface area contributed by atoms with Gasteiger partial charge in [0.1, 0.15) is 35.3 Å². The third-order valence-electron chi connectivity index (χ3n) is 10.5. The Morgan fingerprint density at radius 3 is 1.44 bits per heavy atom. The van der Waals surface area contributed by atoms with Gasteiger partial charge in [0.15, 0.2) is 0 Å². The number of methoxy groups -OCH3 is 2. The molecular weight excluding hydrogens is 688 g/mol. The molecule has 2 amide bonds. The molecule has 14 heteroatoms. The van der Waals surface area contributed by atoms with E-state index in [0.717, 1.165) is 84.7 Å². The van der Waals surface area contributed by atoms with Gasteiger partial charge in [-0.3, -0.25) is 9.59 Å². The molecule has 0 radical (unpaired) electrons. The lowest BCUT2D eigenvalue weighted by atomic mass is 9.96. The van der Waals surface area contributed by atoms with Gasteiger partial charge < -0.3 is 39.4 Å². The molecule has 4 aliphatic rings. The summed E-state index contributed by atoms with van der Waals surface area (Å²) in [5.41, 5.74) is 5.17. The third-order valence-corrected chi connectivity index (χ3v) is 10.5. The van der Waals surface area contributed by atoms with Gasteiger partial charge in [-0.05, 0) is 49.2 Å². The molecule has 2 unspecified atom stereocenters. The highest BCUT2D eigenvalue weighted by Crippen LogP contribution is 2.31. The summed E-state index contributed by atoms with van der Waals surface area (Å²) >= 11 is 0. The number of aromatic nitrogens is 4. The Kier molecular flexibility index (Phi) is 10.7. The van der Waals surface area contributed by atoms with E-state index in [1.54, 1.807) is 26.6 Å². The average molecular weight is 737 g/mol. The number of hydrogen-bond acceptors (Lipinski definition) is 12. The van der Waals surface area contributed by atoms with Crippen molar-refractivity contribution in [2.75, 3.05) is 50.2 Å². The van der Waals surface area contributed by atoms with Crippen LogP contribution in [0, 0.1) is 25.7 Å². The van der Waals surface area contributed by atoms with Crippen molar-refractivity contribution >= 4 is 23.5 Å². The molecule has 284 valence electrons. The number of nitrogens with one attached hydrogen (secondary N) is 2. The molecule has 4 aromatic rings. The van der Waals surface area contributed by atoms with Crippen molar-refractivity contribution < 1.29 is 28.5 Å². The Labute approximate surface area is 315 Å². The quantitative estimate of drug-likeness (QED) is 0.259. The van der Waals surface area contributed by atoms with E-state index in [4.69, 9.17) is 28.9 Å². The van der Waals surface area contributed by atoms with Gasteiger partial charge in [-0.15, -0.1) is 0 Å². The molecule has 0 aromatic carbocycles. The summed E-state index contributed by atoms with van der Waals surface area (Å²) in [5.74, 6) is 5.26. The van der Waals surface area contributed by atoms with Crippen molar-refractivity contribution in [1.29, 1.82) is 0 Å². The Morgan fingerprint density at radius 2 is 1.09 bits per heavy atom. The third kappa shape index (κ3) is 7.82. The van der Waals surface area contributed by atoms with Gasteiger partial charge >= 0.3 is 0 Å². The number of piperidine rings is 2. The summed E-state index contributed by atoms with van der Waals surface area (Å²) in [6.45, 7) is 12.9. The molecule has 2 fully saturated rings. The molecule has 0 bridgehead atoms. The second kappa shape index (κ2) is 15.7. The molecule has 8 heterocycles. The number of rotatable bonds is 8. The van der Waals surface area contributed by atoms with E-state index < -0.39 is 0 Å². The van der Waals surface area contributed by atoms with Crippen molar-refractivity contribution in [2.45, 2.75) is 65.8 Å². The lowest BCUT2D eigenvalue weighted by Crippen LogP contribution is -2.45. The summed E-state index contributed by atoms with van der Waals surface area (Å²) in [6.07, 6.45) is 5.48. The Bertz CT molecular complexity index is 1850. The highest BCUT2D eigenvalue weighted by Gasteiger charge is 2.32. The minimum absolute atomic E-state index is 0.0271. The van der Waals surface area contributed by atoms with Crippen LogP contribution in [0.3, 0.4) is 0 Å². The highest BCUT2D eigenvalue weighted by molar-refractivity contribution is 5.98. The standard InChI is InChI=1S/2C20H24N4O3/c2*1-12-8-15-16(10-22-20(15)25)23-19(12)24-7-6-17(13(2)11-24)27-14-4-5-18(26-3)21-9-14/h2*4-5,8-9,13,17H,6-7,10-11H2,1-3H3,(H,22,25)/t2*13-,17?/m10/s1. The molecule has 4 aliphatic heterocycles. The molecule has 14 nitrogen and oxygen atoms in total. The first kappa shape index (κ1) is 36.7. The van der Waals surface area contributed by atoms with Crippen LogP contribution in [0.4, 0.5) is 11.6 Å². The summed E-state index contributed by atoms with van der Waals surface area (Å²) < 4.78 is 22.5. The van der Waals surface area contributed by atoms with Gasteiger partial charge in [-0.1, -0.05) is 13.8 Å². The average Bonchev–Trinajstić information content (AvgIpc) is 3.73. The van der Waals surface area contributed by atoms with Gasteiger partial charge in [0.2, 0.25) is 11.8 Å². The van der Waals surface area contributed by atoms with Crippen molar-refractivity contribution in [3.05, 3.63) is 82.4 Å². The fourth-order valence-electron chi connectivity index (χ4n) is 7.55. The molecule has 0 aliphatic carbocycles. The fraction of sp³-hybridized carbons (Fsp3) is 0.450. The Hall–Kier alpha value is -5.66. The normalized spacial score (nSPS) is 21.6. The Balaban J connectivity index is 0.000000167. The smallest absolute Gasteiger partial charge is 0.253 e. The summed E-state index contributed by atoms with van der Waals surface area (Å²) in [5, 5.41) is 5.68. The molecule has 54 heavy (non-hydrogen) atoms. The van der Waals surface area contributed by atoms with E-state index >= 15 is 0 Å². The molecular formula is C40H48N8O6. The first-order chi connectivity index (χ1) is 26.1. The molecule has 2 saturated heterocycles. The molecule has 4 aromatic heterocycles. The van der Waals surface area contributed by atoms with E-state index in [1.807, 2.05) is 50.2 Å². The van der Waals surface area contributed by atoms with E-state index in [9.17, 15) is 9.59 Å². The van der Waals surface area contributed by atoms with Crippen molar-refractivity contribution in [3.8, 4) is 23.3 Å². The van der Waals surface area contributed by atoms with Crippen LogP contribution in [-0.2, 0) is 13.1 Å². The maximum atomic E-state index is 11.8. The Morgan fingerprint density at radius 1 is 0.667 bits per heavy atom. The minimum Gasteiger partial charge on any atom is -0.488 e. The van der Waals surface area contributed by atoms with E-state index in [-0.39, 0.29) is 24.0 Å². The largest absolute Gasteiger partial charge is 0.488 e. The van der Waals surface area contributed by atoms with Gasteiger partial charge in [0.25, 0.3) is 11.8 Å². The van der Waals surface area contributed by atoms with Gasteiger partial charge in [0.05, 0.1) is 62.2 Å². The van der Waals surface area contributed by atoms with Crippen LogP contribution in [0.25, 0.3) is 0 Å². The van der Waals surface area contributed by atoms with Crippen molar-refractivity contribution in [2.24, 2.45) is 11.8 Å². The lowest BCUT2D eigenvalue weighted by Gasteiger charge is -2.38. The number of amides is 2. The fourth-order valence-corrected chi connectivity index (χ4v) is 7.55. The number of nitrogens with zero attached hydrogens (tertiary/aromatic N) is 6. The number of anilines is 2. The van der Waals surface area contributed by atoms with Gasteiger partial charge in [0, 0.05) is 63.0 Å². The number of fused-ring (bicyclic) bond motifs is 2. The molecule has 8 rings (SSSR count). The second-order valence-corrected chi connectivity index (χ2v) is 14.4. The SMILES string of the molecule is COc1ccc(OC2CCN(c3nc4c(cc3C)C(=O)NC4)C[C@@H]2C)cn1.COc1ccc(OC2CCN(c3nc4c(cc3C)C(=O)NC4)C[C@H]2C)cn1. The number of pyridine rings is 4. The zero-order chi connectivity index (χ0) is 37.9. The van der Waals surface area contributed by atoms with Gasteiger partial charge in [-0.2, -0.15) is 0 Å². The first-order valence-electron chi connectivity index (χ1n) is 18.5. The number of carbonyl (C=O) groups excluding carboxylic acids is 2. The zero-order valence-corrected chi connectivity index (χ0v) is 31.7. The molecule has 0 spiro atoms. The maximum absolute atomic E-state index is 11.8. The van der Waals surface area contributed by atoms with Crippen LogP contribution < -0.4 is 39.4 Å². The summed E-state index contributed by atoms with van der Waals surface area (Å²) in [4.78, 5) is 46.2. The zero-order valence-electron chi connectivity index (χ0n) is 31.7. The number of ether oxygens (including phenoxy) is 4. The van der Waals surface area contributed by atoms with Crippen LogP contribution >= 0.6 is 0 Å². The predicted molar refractivity (Wildman–Crippen MR) is 203 cm³/mol. The van der Waals surface area contributed by atoms with Crippen LogP contribution in [0.15, 0.2) is 48.8 Å². The lowest BCUT2D eigenvalue weighted by molar-refractivity contribution is 0.0957. The van der Waals surface area contributed by atoms with Gasteiger partial charge in [-0.25, -0.2) is 19.9 Å². The van der Waals surface area contributed by atoms with Crippen LogP contribution in [0.2, 0.25) is 0 Å². The van der Waals surface area contributed by atoms with E-state index in [0.29, 0.717) is 47.8 Å². The van der Waals surface area contributed by atoms with Crippen LogP contribution in [0.1, 0.15) is 69.9 Å². The monoisotopic (exact) mass is 736 g/mol. The molecule has 2 N–H and O–H groups in total. The molecule has 4 atom stereocenters. The van der Waals surface area contributed by atoms with Crippen LogP contribution in [-0.4, -0.2) is 84.4 Å². The number of aryl methyl sites for hydroxylation is 2. The van der Waals surface area contributed by atoms with E-state index in [2.05, 4.69) is 44.2 Å².